The lowest BCUT2D eigenvalue weighted by Gasteiger charge is -2.27. The first-order valence-corrected chi connectivity index (χ1v) is 7.76. The predicted molar refractivity (Wildman–Crippen MR) is 81.3 cm³/mol. The van der Waals surface area contributed by atoms with Gasteiger partial charge in [0.25, 0.3) is 0 Å². The van der Waals surface area contributed by atoms with Crippen molar-refractivity contribution >= 4 is 52.7 Å². The molecule has 0 aromatic heterocycles. The average Bonchev–Trinajstić information content (AvgIpc) is 2.42. The van der Waals surface area contributed by atoms with Gasteiger partial charge < -0.3 is 15.3 Å². The molecule has 1 fully saturated rings. The summed E-state index contributed by atoms with van der Waals surface area (Å²) in [6.45, 7) is 1.26. The van der Waals surface area contributed by atoms with Crippen molar-refractivity contribution in [3.63, 3.8) is 0 Å². The summed E-state index contributed by atoms with van der Waals surface area (Å²) in [5.74, 6) is 0.542. The summed E-state index contributed by atoms with van der Waals surface area (Å²) in [6.07, 6.45) is 0. The molecule has 0 aliphatic carbocycles. The highest BCUT2D eigenvalue weighted by Gasteiger charge is 2.21. The van der Waals surface area contributed by atoms with Gasteiger partial charge in [-0.05, 0) is 12.1 Å². The molecule has 20 heavy (non-hydrogen) atoms. The molecule has 1 aliphatic rings. The van der Waals surface area contributed by atoms with Crippen LogP contribution in [-0.2, 0) is 0 Å². The molecule has 0 saturated carbocycles. The molecule has 2 N–H and O–H groups in total. The summed E-state index contributed by atoms with van der Waals surface area (Å²) in [5.41, 5.74) is -0.0472. The summed E-state index contributed by atoms with van der Waals surface area (Å²) in [5, 5.41) is 12.0. The Bertz CT molecular complexity index is 548. The van der Waals surface area contributed by atoms with Crippen molar-refractivity contribution in [1.82, 2.24) is 4.90 Å². The van der Waals surface area contributed by atoms with E-state index in [0.717, 1.165) is 11.5 Å². The van der Waals surface area contributed by atoms with E-state index in [0.29, 0.717) is 13.1 Å². The number of hydrogen-bond acceptors (Lipinski definition) is 3. The molecule has 0 radical (unpaired) electrons. The number of halogens is 2. The summed E-state index contributed by atoms with van der Waals surface area (Å²) >= 11 is 13.5. The first-order valence-electron chi connectivity index (χ1n) is 5.85. The van der Waals surface area contributed by atoms with Gasteiger partial charge in [0.1, 0.15) is 0 Å². The topological polar surface area (TPSA) is 69.6 Å². The van der Waals surface area contributed by atoms with E-state index < -0.39 is 5.97 Å². The molecule has 1 heterocycles. The molecule has 0 spiro atoms. The Morgan fingerprint density at radius 3 is 2.50 bits per heavy atom. The number of carboxylic acid groups (broad SMARTS) is 1. The van der Waals surface area contributed by atoms with E-state index in [9.17, 15) is 9.59 Å². The molecule has 1 saturated heterocycles. The number of aromatic carboxylic acids is 1. The Kier molecular flexibility index (Phi) is 5.01. The number of hydrogen-bond donors (Lipinski definition) is 2. The Labute approximate surface area is 130 Å². The van der Waals surface area contributed by atoms with Crippen molar-refractivity contribution in [3.05, 3.63) is 27.7 Å². The zero-order valence-corrected chi connectivity index (χ0v) is 12.7. The Morgan fingerprint density at radius 1 is 1.25 bits per heavy atom. The lowest BCUT2D eigenvalue weighted by atomic mass is 10.2. The van der Waals surface area contributed by atoms with Gasteiger partial charge >= 0.3 is 12.0 Å². The SMILES string of the molecule is O=C(O)c1cc(Cl)cc(Cl)c1NC(=O)N1CCSCC1. The van der Waals surface area contributed by atoms with Gasteiger partial charge in [-0.3, -0.25) is 0 Å². The van der Waals surface area contributed by atoms with Crippen molar-refractivity contribution < 1.29 is 14.7 Å². The molecule has 0 bridgehead atoms. The first kappa shape index (κ1) is 15.3. The Morgan fingerprint density at radius 2 is 1.90 bits per heavy atom. The lowest BCUT2D eigenvalue weighted by molar-refractivity contribution is 0.0698. The Hall–Kier alpha value is -1.11. The van der Waals surface area contributed by atoms with Crippen molar-refractivity contribution in [3.8, 4) is 0 Å². The van der Waals surface area contributed by atoms with Crippen LogP contribution < -0.4 is 5.32 Å². The highest BCUT2D eigenvalue weighted by Crippen LogP contribution is 2.30. The molecular formula is C12H12Cl2N2O3S. The normalized spacial score (nSPS) is 15.0. The number of amides is 2. The molecule has 1 aliphatic heterocycles. The second-order valence-corrected chi connectivity index (χ2v) is 6.21. The molecular weight excluding hydrogens is 323 g/mol. The minimum absolute atomic E-state index is 0.0757. The third kappa shape index (κ3) is 3.50. The van der Waals surface area contributed by atoms with Crippen LogP contribution in [0, 0.1) is 0 Å². The van der Waals surface area contributed by atoms with Gasteiger partial charge in [0.15, 0.2) is 0 Å². The van der Waals surface area contributed by atoms with Gasteiger partial charge in [0.05, 0.1) is 16.3 Å². The summed E-state index contributed by atoms with van der Waals surface area (Å²) < 4.78 is 0. The molecule has 0 atom stereocenters. The third-order valence-electron chi connectivity index (χ3n) is 2.82. The minimum atomic E-state index is -1.20. The quantitative estimate of drug-likeness (QED) is 0.870. The van der Waals surface area contributed by atoms with Crippen molar-refractivity contribution in [2.45, 2.75) is 0 Å². The number of benzene rings is 1. The average molecular weight is 335 g/mol. The van der Waals surface area contributed by atoms with Crippen LogP contribution in [0.3, 0.4) is 0 Å². The summed E-state index contributed by atoms with van der Waals surface area (Å²) in [4.78, 5) is 24.9. The van der Waals surface area contributed by atoms with E-state index in [-0.39, 0.29) is 27.3 Å². The number of nitrogens with zero attached hydrogens (tertiary/aromatic N) is 1. The third-order valence-corrected chi connectivity index (χ3v) is 4.27. The van der Waals surface area contributed by atoms with Crippen molar-refractivity contribution in [1.29, 1.82) is 0 Å². The highest BCUT2D eigenvalue weighted by atomic mass is 35.5. The molecule has 8 heteroatoms. The molecule has 2 rings (SSSR count). The van der Waals surface area contributed by atoms with Crippen LogP contribution in [0.4, 0.5) is 10.5 Å². The van der Waals surface area contributed by atoms with Gasteiger partial charge in [0.2, 0.25) is 0 Å². The standard InChI is InChI=1S/C12H12Cl2N2O3S/c13-7-5-8(11(17)18)10(9(14)6-7)15-12(19)16-1-3-20-4-2-16/h5-6H,1-4H2,(H,15,19)(H,17,18). The van der Waals surface area contributed by atoms with E-state index >= 15 is 0 Å². The number of rotatable bonds is 2. The van der Waals surface area contributed by atoms with Gasteiger partial charge in [-0.25, -0.2) is 9.59 Å². The lowest BCUT2D eigenvalue weighted by Crippen LogP contribution is -2.40. The monoisotopic (exact) mass is 334 g/mol. The summed E-state index contributed by atoms with van der Waals surface area (Å²) in [7, 11) is 0. The molecule has 2 amide bonds. The van der Waals surface area contributed by atoms with Crippen molar-refractivity contribution in [2.24, 2.45) is 0 Å². The largest absolute Gasteiger partial charge is 0.478 e. The van der Waals surface area contributed by atoms with E-state index in [1.54, 1.807) is 16.7 Å². The molecule has 1 aromatic rings. The fourth-order valence-corrected chi connectivity index (χ4v) is 3.27. The summed E-state index contributed by atoms with van der Waals surface area (Å²) in [6, 6.07) is 2.31. The van der Waals surface area contributed by atoms with Crippen LogP contribution >= 0.6 is 35.0 Å². The molecule has 0 unspecified atom stereocenters. The zero-order valence-electron chi connectivity index (χ0n) is 10.4. The first-order chi connectivity index (χ1) is 9.49. The molecule has 5 nitrogen and oxygen atoms in total. The van der Waals surface area contributed by atoms with E-state index in [1.165, 1.54) is 12.1 Å². The number of carbonyl (C=O) groups is 2. The van der Waals surface area contributed by atoms with Crippen LogP contribution in [-0.4, -0.2) is 46.6 Å². The predicted octanol–water partition coefficient (Wildman–Crippen LogP) is 3.27. The van der Waals surface area contributed by atoms with E-state index in [4.69, 9.17) is 28.3 Å². The molecule has 108 valence electrons. The number of thioether (sulfide) groups is 1. The van der Waals surface area contributed by atoms with Crippen LogP contribution in [0.1, 0.15) is 10.4 Å². The minimum Gasteiger partial charge on any atom is -0.478 e. The van der Waals surface area contributed by atoms with Crippen LogP contribution in [0.5, 0.6) is 0 Å². The van der Waals surface area contributed by atoms with E-state index in [1.807, 2.05) is 0 Å². The van der Waals surface area contributed by atoms with E-state index in [2.05, 4.69) is 5.32 Å². The number of nitrogens with one attached hydrogen (secondary N) is 1. The maximum Gasteiger partial charge on any atom is 0.337 e. The second-order valence-electron chi connectivity index (χ2n) is 4.14. The maximum absolute atomic E-state index is 12.1. The van der Waals surface area contributed by atoms with Gasteiger partial charge in [0, 0.05) is 29.6 Å². The number of carbonyl (C=O) groups excluding carboxylic acids is 1. The second kappa shape index (κ2) is 6.56. The molecule has 1 aromatic carbocycles. The fraction of sp³-hybridized carbons (Fsp3) is 0.333. The van der Waals surface area contributed by atoms with Crippen LogP contribution in [0.2, 0.25) is 10.0 Å². The fourth-order valence-electron chi connectivity index (χ4n) is 1.82. The van der Waals surface area contributed by atoms with Gasteiger partial charge in [-0.1, -0.05) is 23.2 Å². The number of urea groups is 1. The zero-order chi connectivity index (χ0) is 14.7. The highest BCUT2D eigenvalue weighted by molar-refractivity contribution is 7.99. The number of anilines is 1. The number of carboxylic acids is 1. The Balaban J connectivity index is 2.23. The van der Waals surface area contributed by atoms with Crippen LogP contribution in [0.15, 0.2) is 12.1 Å². The van der Waals surface area contributed by atoms with Crippen molar-refractivity contribution in [2.75, 3.05) is 29.9 Å². The smallest absolute Gasteiger partial charge is 0.337 e. The maximum atomic E-state index is 12.1. The van der Waals surface area contributed by atoms with Gasteiger partial charge in [-0.2, -0.15) is 11.8 Å². The van der Waals surface area contributed by atoms with Gasteiger partial charge in [-0.15, -0.1) is 0 Å². The van der Waals surface area contributed by atoms with Crippen LogP contribution in [0.25, 0.3) is 0 Å².